The van der Waals surface area contributed by atoms with Crippen molar-refractivity contribution in [3.63, 3.8) is 0 Å². The van der Waals surface area contributed by atoms with E-state index in [1.165, 1.54) is 29.1 Å². The van der Waals surface area contributed by atoms with Gasteiger partial charge in [0.05, 0.1) is 11.3 Å². The van der Waals surface area contributed by atoms with E-state index in [2.05, 4.69) is 15.7 Å². The Morgan fingerprint density at radius 2 is 2.00 bits per heavy atom. The molecule has 1 aromatic heterocycles. The number of nitrogens with zero attached hydrogens (tertiary/aromatic N) is 2. The van der Waals surface area contributed by atoms with Crippen LogP contribution in [0.5, 0.6) is 0 Å². The molecule has 0 radical (unpaired) electrons. The standard InChI is InChI=1S/C15H17F3N4O.ClH/c1-19-7-3-8-20-14(23)13-6-9-22(21-13)12-5-2-4-11(10-12)15(16,17)18;/h2,4-6,9-10,19H,3,7-8H2,1H3,(H,20,23);1H. The van der Waals surface area contributed by atoms with Crippen molar-refractivity contribution in [3.05, 3.63) is 47.8 Å². The van der Waals surface area contributed by atoms with Crippen LogP contribution in [0.3, 0.4) is 0 Å². The van der Waals surface area contributed by atoms with Gasteiger partial charge in [0.25, 0.3) is 5.91 Å². The summed E-state index contributed by atoms with van der Waals surface area (Å²) in [4.78, 5) is 11.9. The van der Waals surface area contributed by atoms with Crippen molar-refractivity contribution in [2.24, 2.45) is 0 Å². The lowest BCUT2D eigenvalue weighted by atomic mass is 10.2. The third kappa shape index (κ3) is 5.24. The zero-order chi connectivity index (χ0) is 16.9. The summed E-state index contributed by atoms with van der Waals surface area (Å²) in [5, 5.41) is 9.68. The summed E-state index contributed by atoms with van der Waals surface area (Å²) in [7, 11) is 1.82. The average molecular weight is 363 g/mol. The van der Waals surface area contributed by atoms with Gasteiger partial charge in [-0.2, -0.15) is 18.3 Å². The lowest BCUT2D eigenvalue weighted by Gasteiger charge is -2.08. The molecule has 2 aromatic rings. The largest absolute Gasteiger partial charge is 0.416 e. The minimum Gasteiger partial charge on any atom is -0.351 e. The first-order chi connectivity index (χ1) is 10.9. The molecule has 0 atom stereocenters. The van der Waals surface area contributed by atoms with E-state index in [0.717, 1.165) is 25.1 Å². The highest BCUT2D eigenvalue weighted by Crippen LogP contribution is 2.30. The number of carbonyl (C=O) groups is 1. The van der Waals surface area contributed by atoms with E-state index in [-0.39, 0.29) is 29.7 Å². The van der Waals surface area contributed by atoms with E-state index in [1.54, 1.807) is 0 Å². The van der Waals surface area contributed by atoms with Gasteiger partial charge in [-0.05, 0) is 44.3 Å². The second-order valence-electron chi connectivity index (χ2n) is 4.91. The topological polar surface area (TPSA) is 58.9 Å². The van der Waals surface area contributed by atoms with Crippen LogP contribution in [0, 0.1) is 0 Å². The number of amides is 1. The number of halogens is 4. The second kappa shape index (κ2) is 8.70. The van der Waals surface area contributed by atoms with Crippen LogP contribution in [0.2, 0.25) is 0 Å². The van der Waals surface area contributed by atoms with Crippen molar-refractivity contribution in [1.82, 2.24) is 20.4 Å². The quantitative estimate of drug-likeness (QED) is 0.777. The Hall–Kier alpha value is -2.06. The lowest BCUT2D eigenvalue weighted by molar-refractivity contribution is -0.137. The van der Waals surface area contributed by atoms with Gasteiger partial charge in [0, 0.05) is 12.7 Å². The number of aromatic nitrogens is 2. The molecule has 132 valence electrons. The molecular weight excluding hydrogens is 345 g/mol. The third-order valence-electron chi connectivity index (χ3n) is 3.15. The highest BCUT2D eigenvalue weighted by atomic mass is 35.5. The van der Waals surface area contributed by atoms with Crippen molar-refractivity contribution in [3.8, 4) is 5.69 Å². The van der Waals surface area contributed by atoms with Crippen LogP contribution in [-0.4, -0.2) is 35.8 Å². The molecule has 2 rings (SSSR count). The van der Waals surface area contributed by atoms with E-state index in [0.29, 0.717) is 6.54 Å². The second-order valence-corrected chi connectivity index (χ2v) is 4.91. The Bertz CT molecular complexity index is 673. The normalized spacial score (nSPS) is 11.0. The van der Waals surface area contributed by atoms with Crippen LogP contribution in [0.15, 0.2) is 36.5 Å². The lowest BCUT2D eigenvalue weighted by Crippen LogP contribution is -2.27. The molecule has 1 heterocycles. The van der Waals surface area contributed by atoms with E-state index >= 15 is 0 Å². The number of hydrogen-bond acceptors (Lipinski definition) is 3. The van der Waals surface area contributed by atoms with Gasteiger partial charge in [-0.25, -0.2) is 4.68 Å². The third-order valence-corrected chi connectivity index (χ3v) is 3.15. The van der Waals surface area contributed by atoms with Gasteiger partial charge in [0.1, 0.15) is 0 Å². The molecule has 5 nitrogen and oxygen atoms in total. The van der Waals surface area contributed by atoms with E-state index in [1.807, 2.05) is 7.05 Å². The van der Waals surface area contributed by atoms with Gasteiger partial charge in [0.2, 0.25) is 0 Å². The molecule has 9 heteroatoms. The highest BCUT2D eigenvalue weighted by Gasteiger charge is 2.30. The summed E-state index contributed by atoms with van der Waals surface area (Å²) in [6.07, 6.45) is -2.19. The maximum Gasteiger partial charge on any atom is 0.416 e. The van der Waals surface area contributed by atoms with Crippen LogP contribution in [0.1, 0.15) is 22.5 Å². The van der Waals surface area contributed by atoms with Crippen molar-refractivity contribution >= 4 is 18.3 Å². The molecule has 0 saturated heterocycles. The monoisotopic (exact) mass is 362 g/mol. The Morgan fingerprint density at radius 1 is 1.25 bits per heavy atom. The molecule has 1 amide bonds. The fraction of sp³-hybridized carbons (Fsp3) is 0.333. The van der Waals surface area contributed by atoms with Gasteiger partial charge < -0.3 is 10.6 Å². The van der Waals surface area contributed by atoms with E-state index in [4.69, 9.17) is 0 Å². The summed E-state index contributed by atoms with van der Waals surface area (Å²) in [6, 6.07) is 6.24. The fourth-order valence-corrected chi connectivity index (χ4v) is 1.97. The predicted octanol–water partition coefficient (Wildman–Crippen LogP) is 2.65. The Labute approximate surface area is 143 Å². The molecule has 0 spiro atoms. The number of rotatable bonds is 6. The average Bonchev–Trinajstić information content (AvgIpc) is 3.01. The van der Waals surface area contributed by atoms with Gasteiger partial charge in [0.15, 0.2) is 5.69 Å². The van der Waals surface area contributed by atoms with Gasteiger partial charge in [-0.15, -0.1) is 12.4 Å². The van der Waals surface area contributed by atoms with Crippen molar-refractivity contribution in [1.29, 1.82) is 0 Å². The Morgan fingerprint density at radius 3 is 2.67 bits per heavy atom. The number of carbonyl (C=O) groups excluding carboxylic acids is 1. The summed E-state index contributed by atoms with van der Waals surface area (Å²) >= 11 is 0. The SMILES string of the molecule is CNCCCNC(=O)c1ccn(-c2cccc(C(F)(F)F)c2)n1.Cl. The minimum atomic E-state index is -4.42. The van der Waals surface area contributed by atoms with Crippen LogP contribution >= 0.6 is 12.4 Å². The summed E-state index contributed by atoms with van der Waals surface area (Å²) in [5.74, 6) is -0.355. The number of benzene rings is 1. The molecule has 0 unspecified atom stereocenters. The van der Waals surface area contributed by atoms with E-state index in [9.17, 15) is 18.0 Å². The summed E-state index contributed by atoms with van der Waals surface area (Å²) < 4.78 is 39.4. The molecule has 0 aliphatic carbocycles. The predicted molar refractivity (Wildman–Crippen MR) is 86.7 cm³/mol. The molecular formula is C15H18ClF3N4O. The number of nitrogens with one attached hydrogen (secondary N) is 2. The first-order valence-corrected chi connectivity index (χ1v) is 7.08. The van der Waals surface area contributed by atoms with Crippen LogP contribution in [-0.2, 0) is 6.18 Å². The number of alkyl halides is 3. The minimum absolute atomic E-state index is 0. The first kappa shape index (κ1) is 20.0. The van der Waals surface area contributed by atoms with Crippen molar-refractivity contribution < 1.29 is 18.0 Å². The fourth-order valence-electron chi connectivity index (χ4n) is 1.97. The van der Waals surface area contributed by atoms with Crippen molar-refractivity contribution in [2.45, 2.75) is 12.6 Å². The molecule has 24 heavy (non-hydrogen) atoms. The van der Waals surface area contributed by atoms with Gasteiger partial charge in [-0.1, -0.05) is 6.07 Å². The summed E-state index contributed by atoms with van der Waals surface area (Å²) in [6.45, 7) is 1.27. The van der Waals surface area contributed by atoms with E-state index < -0.39 is 11.7 Å². The van der Waals surface area contributed by atoms with Crippen LogP contribution < -0.4 is 10.6 Å². The van der Waals surface area contributed by atoms with Crippen LogP contribution in [0.25, 0.3) is 5.69 Å². The molecule has 0 aliphatic heterocycles. The molecule has 0 bridgehead atoms. The first-order valence-electron chi connectivity index (χ1n) is 7.08. The maximum absolute atomic E-state index is 12.7. The Balaban J connectivity index is 0.00000288. The smallest absolute Gasteiger partial charge is 0.351 e. The van der Waals surface area contributed by atoms with Crippen LogP contribution in [0.4, 0.5) is 13.2 Å². The van der Waals surface area contributed by atoms with Gasteiger partial charge >= 0.3 is 6.18 Å². The Kier molecular flexibility index (Phi) is 7.24. The molecule has 0 aliphatic rings. The molecule has 2 N–H and O–H groups in total. The number of hydrogen-bond donors (Lipinski definition) is 2. The highest BCUT2D eigenvalue weighted by molar-refractivity contribution is 5.92. The zero-order valence-electron chi connectivity index (χ0n) is 12.9. The van der Waals surface area contributed by atoms with Gasteiger partial charge in [-0.3, -0.25) is 4.79 Å². The zero-order valence-corrected chi connectivity index (χ0v) is 13.7. The molecule has 0 fully saturated rings. The maximum atomic E-state index is 12.7. The molecule has 0 saturated carbocycles. The van der Waals surface area contributed by atoms with Crippen molar-refractivity contribution in [2.75, 3.05) is 20.1 Å². The summed E-state index contributed by atoms with van der Waals surface area (Å²) in [5.41, 5.74) is -0.357. The molecule has 1 aromatic carbocycles.